The standard InChI is InChI=1S/C16H22N2O3/c1-11(2)10-18(12(3)4)16(21)15-13(6-5-9-17-15)7-8-14(19)20/h5-9,11-12H,10H2,1-4H3,(H,19,20)/b8-7+. The summed E-state index contributed by atoms with van der Waals surface area (Å²) in [5.41, 5.74) is 0.795. The van der Waals surface area contributed by atoms with E-state index < -0.39 is 5.97 Å². The molecule has 1 heterocycles. The average Bonchev–Trinajstić information content (AvgIpc) is 2.41. The maximum atomic E-state index is 12.7. The fraction of sp³-hybridized carbons (Fsp3) is 0.438. The number of carbonyl (C=O) groups excluding carboxylic acids is 1. The summed E-state index contributed by atoms with van der Waals surface area (Å²) in [6.07, 6.45) is 3.95. The van der Waals surface area contributed by atoms with Crippen LogP contribution in [0.25, 0.3) is 6.08 Å². The van der Waals surface area contributed by atoms with Crippen LogP contribution in [0, 0.1) is 5.92 Å². The molecular weight excluding hydrogens is 268 g/mol. The molecule has 0 radical (unpaired) electrons. The predicted molar refractivity (Wildman–Crippen MR) is 81.9 cm³/mol. The summed E-state index contributed by atoms with van der Waals surface area (Å²) in [4.78, 5) is 29.2. The smallest absolute Gasteiger partial charge is 0.328 e. The van der Waals surface area contributed by atoms with Crippen molar-refractivity contribution in [3.63, 3.8) is 0 Å². The Morgan fingerprint density at radius 2 is 2.00 bits per heavy atom. The number of rotatable bonds is 6. The van der Waals surface area contributed by atoms with Crippen LogP contribution in [0.15, 0.2) is 24.4 Å². The van der Waals surface area contributed by atoms with Gasteiger partial charge in [0.15, 0.2) is 0 Å². The van der Waals surface area contributed by atoms with E-state index in [2.05, 4.69) is 4.98 Å². The van der Waals surface area contributed by atoms with Gasteiger partial charge in [0.25, 0.3) is 5.91 Å². The Labute approximate surface area is 125 Å². The van der Waals surface area contributed by atoms with Crippen LogP contribution in [0.1, 0.15) is 43.7 Å². The Bertz CT molecular complexity index is 536. The first-order valence-corrected chi connectivity index (χ1v) is 7.00. The fourth-order valence-corrected chi connectivity index (χ4v) is 1.95. The molecule has 0 saturated carbocycles. The van der Waals surface area contributed by atoms with Crippen LogP contribution >= 0.6 is 0 Å². The molecule has 21 heavy (non-hydrogen) atoms. The summed E-state index contributed by atoms with van der Waals surface area (Å²) in [6, 6.07) is 3.42. The second-order valence-corrected chi connectivity index (χ2v) is 5.56. The molecule has 0 aliphatic rings. The van der Waals surface area contributed by atoms with E-state index in [0.29, 0.717) is 18.0 Å². The van der Waals surface area contributed by atoms with Crippen LogP contribution in [-0.4, -0.2) is 39.5 Å². The van der Waals surface area contributed by atoms with Crippen molar-refractivity contribution in [2.45, 2.75) is 33.7 Å². The molecule has 0 fully saturated rings. The molecule has 0 atom stereocenters. The molecule has 1 N–H and O–H groups in total. The molecule has 0 saturated heterocycles. The molecule has 0 spiro atoms. The molecule has 1 aromatic rings. The van der Waals surface area contributed by atoms with Gasteiger partial charge in [-0.25, -0.2) is 4.79 Å². The quantitative estimate of drug-likeness (QED) is 0.818. The topological polar surface area (TPSA) is 70.5 Å². The number of aromatic nitrogens is 1. The van der Waals surface area contributed by atoms with Gasteiger partial charge in [0.2, 0.25) is 0 Å². The van der Waals surface area contributed by atoms with E-state index in [9.17, 15) is 9.59 Å². The van der Waals surface area contributed by atoms with Crippen LogP contribution < -0.4 is 0 Å². The van der Waals surface area contributed by atoms with Gasteiger partial charge < -0.3 is 10.0 Å². The summed E-state index contributed by atoms with van der Waals surface area (Å²) in [7, 11) is 0. The number of amides is 1. The van der Waals surface area contributed by atoms with Gasteiger partial charge in [0.05, 0.1) is 0 Å². The minimum Gasteiger partial charge on any atom is -0.478 e. The molecular formula is C16H22N2O3. The number of pyridine rings is 1. The highest BCUT2D eigenvalue weighted by molar-refractivity contribution is 5.97. The predicted octanol–water partition coefficient (Wildman–Crippen LogP) is 2.69. The lowest BCUT2D eigenvalue weighted by atomic mass is 10.1. The van der Waals surface area contributed by atoms with Gasteiger partial charge in [-0.1, -0.05) is 19.9 Å². The molecule has 0 aliphatic carbocycles. The van der Waals surface area contributed by atoms with Gasteiger partial charge in [-0.3, -0.25) is 9.78 Å². The largest absolute Gasteiger partial charge is 0.478 e. The summed E-state index contributed by atoms with van der Waals surface area (Å²) in [6.45, 7) is 8.64. The summed E-state index contributed by atoms with van der Waals surface area (Å²) in [5, 5.41) is 8.72. The normalized spacial score (nSPS) is 11.3. The number of carboxylic acid groups (broad SMARTS) is 1. The highest BCUT2D eigenvalue weighted by Crippen LogP contribution is 2.14. The minimum absolute atomic E-state index is 0.0539. The highest BCUT2D eigenvalue weighted by atomic mass is 16.4. The molecule has 5 heteroatoms. The van der Waals surface area contributed by atoms with Crippen LogP contribution in [0.3, 0.4) is 0 Å². The molecule has 0 aromatic carbocycles. The minimum atomic E-state index is -1.06. The van der Waals surface area contributed by atoms with E-state index in [1.165, 1.54) is 6.08 Å². The third-order valence-electron chi connectivity index (χ3n) is 2.89. The average molecular weight is 290 g/mol. The van der Waals surface area contributed by atoms with Crippen molar-refractivity contribution in [3.05, 3.63) is 35.7 Å². The van der Waals surface area contributed by atoms with E-state index in [1.54, 1.807) is 23.2 Å². The molecule has 114 valence electrons. The summed E-state index contributed by atoms with van der Waals surface area (Å²) in [5.74, 6) is -0.887. The maximum Gasteiger partial charge on any atom is 0.328 e. The maximum absolute atomic E-state index is 12.7. The Balaban J connectivity index is 3.13. The lowest BCUT2D eigenvalue weighted by Crippen LogP contribution is -2.40. The monoisotopic (exact) mass is 290 g/mol. The number of hydrogen-bond donors (Lipinski definition) is 1. The molecule has 1 rings (SSSR count). The van der Waals surface area contributed by atoms with Gasteiger partial charge in [-0.2, -0.15) is 0 Å². The van der Waals surface area contributed by atoms with Crippen LogP contribution in [0.4, 0.5) is 0 Å². The van der Waals surface area contributed by atoms with Crippen molar-refractivity contribution in [1.29, 1.82) is 0 Å². The Kier molecular flexibility index (Phi) is 6.09. The first-order valence-electron chi connectivity index (χ1n) is 7.00. The Morgan fingerprint density at radius 3 is 2.52 bits per heavy atom. The number of carboxylic acids is 1. The first kappa shape index (κ1) is 16.9. The van der Waals surface area contributed by atoms with E-state index in [1.807, 2.05) is 27.7 Å². The molecule has 5 nitrogen and oxygen atoms in total. The lowest BCUT2D eigenvalue weighted by Gasteiger charge is -2.28. The van der Waals surface area contributed by atoms with Crippen molar-refractivity contribution in [2.75, 3.05) is 6.54 Å². The fourth-order valence-electron chi connectivity index (χ4n) is 1.95. The lowest BCUT2D eigenvalue weighted by molar-refractivity contribution is -0.131. The third kappa shape index (κ3) is 5.02. The van der Waals surface area contributed by atoms with Crippen molar-refractivity contribution in [1.82, 2.24) is 9.88 Å². The highest BCUT2D eigenvalue weighted by Gasteiger charge is 2.22. The van der Waals surface area contributed by atoms with E-state index >= 15 is 0 Å². The van der Waals surface area contributed by atoms with Crippen molar-refractivity contribution >= 4 is 18.0 Å². The number of nitrogens with zero attached hydrogens (tertiary/aromatic N) is 2. The molecule has 0 unspecified atom stereocenters. The zero-order valence-electron chi connectivity index (χ0n) is 12.9. The SMILES string of the molecule is CC(C)CN(C(=O)c1ncccc1/C=C/C(=O)O)C(C)C. The number of hydrogen-bond acceptors (Lipinski definition) is 3. The number of aliphatic carboxylic acids is 1. The van der Waals surface area contributed by atoms with Gasteiger partial charge in [0, 0.05) is 30.4 Å². The van der Waals surface area contributed by atoms with Crippen LogP contribution in [0.5, 0.6) is 0 Å². The van der Waals surface area contributed by atoms with Crippen LogP contribution in [0.2, 0.25) is 0 Å². The Hall–Kier alpha value is -2.17. The second kappa shape index (κ2) is 7.57. The van der Waals surface area contributed by atoms with Gasteiger partial charge in [0.1, 0.15) is 5.69 Å². The third-order valence-corrected chi connectivity index (χ3v) is 2.89. The van der Waals surface area contributed by atoms with Gasteiger partial charge in [-0.15, -0.1) is 0 Å². The van der Waals surface area contributed by atoms with Gasteiger partial charge >= 0.3 is 5.97 Å². The van der Waals surface area contributed by atoms with E-state index in [0.717, 1.165) is 6.08 Å². The van der Waals surface area contributed by atoms with E-state index in [4.69, 9.17) is 5.11 Å². The zero-order chi connectivity index (χ0) is 16.0. The summed E-state index contributed by atoms with van der Waals surface area (Å²) < 4.78 is 0. The van der Waals surface area contributed by atoms with Crippen molar-refractivity contribution in [3.8, 4) is 0 Å². The molecule has 1 amide bonds. The molecule has 0 bridgehead atoms. The second-order valence-electron chi connectivity index (χ2n) is 5.56. The van der Waals surface area contributed by atoms with Crippen LogP contribution in [-0.2, 0) is 4.79 Å². The zero-order valence-corrected chi connectivity index (χ0v) is 12.9. The summed E-state index contributed by atoms with van der Waals surface area (Å²) >= 11 is 0. The van der Waals surface area contributed by atoms with Crippen molar-refractivity contribution < 1.29 is 14.7 Å². The van der Waals surface area contributed by atoms with Crippen molar-refractivity contribution in [2.24, 2.45) is 5.92 Å². The first-order chi connectivity index (χ1) is 9.82. The molecule has 1 aromatic heterocycles. The Morgan fingerprint density at radius 1 is 1.33 bits per heavy atom. The van der Waals surface area contributed by atoms with E-state index in [-0.39, 0.29) is 17.6 Å². The van der Waals surface area contributed by atoms with Gasteiger partial charge in [-0.05, 0) is 31.9 Å². The number of carbonyl (C=O) groups is 2. The molecule has 0 aliphatic heterocycles.